The highest BCUT2D eigenvalue weighted by Crippen LogP contribution is 2.63. The predicted octanol–water partition coefficient (Wildman–Crippen LogP) is 5.27. The van der Waals surface area contributed by atoms with Gasteiger partial charge in [-0.15, -0.1) is 0 Å². The maximum absolute atomic E-state index is 15.0. The topological polar surface area (TPSA) is 40.5 Å². The zero-order chi connectivity index (χ0) is 21.0. The third-order valence-corrected chi connectivity index (χ3v) is 7.06. The van der Waals surface area contributed by atoms with E-state index in [2.05, 4.69) is 0 Å². The molecule has 3 nitrogen and oxygen atoms in total. The molecule has 3 aliphatic rings. The maximum Gasteiger partial charge on any atom is 0.425 e. The summed E-state index contributed by atoms with van der Waals surface area (Å²) in [6.45, 7) is 1.25. The molecular formula is C22H27F4NO2. The third kappa shape index (κ3) is 3.07. The number of amides is 1. The number of hydrogen-bond acceptors (Lipinski definition) is 2. The number of halogens is 4. The van der Waals surface area contributed by atoms with Crippen LogP contribution in [0, 0.1) is 5.92 Å². The number of nitrogens with zero attached hydrogens (tertiary/aromatic N) is 1. The Bertz CT molecular complexity index is 814. The summed E-state index contributed by atoms with van der Waals surface area (Å²) in [6.07, 6.45) is 2.79. The lowest BCUT2D eigenvalue weighted by molar-refractivity contribution is -0.328. The van der Waals surface area contributed by atoms with Crippen LogP contribution >= 0.6 is 0 Å². The molecule has 1 fully saturated rings. The van der Waals surface area contributed by atoms with Gasteiger partial charge < -0.3 is 10.0 Å². The minimum Gasteiger partial charge on any atom is -0.374 e. The number of carbonyl (C=O) groups excluding carboxylic acids is 1. The summed E-state index contributed by atoms with van der Waals surface area (Å²) in [5.74, 6) is 0.308. The second kappa shape index (κ2) is 6.96. The first-order valence-electron chi connectivity index (χ1n) is 10.5. The van der Waals surface area contributed by atoms with Crippen LogP contribution in [0.5, 0.6) is 0 Å². The Morgan fingerprint density at radius 2 is 1.83 bits per heavy atom. The monoisotopic (exact) mass is 413 g/mol. The van der Waals surface area contributed by atoms with Gasteiger partial charge in [-0.25, -0.2) is 4.39 Å². The number of rotatable bonds is 2. The summed E-state index contributed by atoms with van der Waals surface area (Å²) in [6, 6.07) is 2.64. The Morgan fingerprint density at radius 1 is 1.14 bits per heavy atom. The zero-order valence-electron chi connectivity index (χ0n) is 16.6. The molecule has 1 aromatic carbocycles. The molecule has 0 aromatic heterocycles. The summed E-state index contributed by atoms with van der Waals surface area (Å²) in [7, 11) is 0. The molecule has 1 amide bonds. The van der Waals surface area contributed by atoms with Crippen molar-refractivity contribution < 1.29 is 27.5 Å². The molecule has 2 aliphatic carbocycles. The molecule has 0 radical (unpaired) electrons. The van der Waals surface area contributed by atoms with Crippen molar-refractivity contribution in [2.75, 3.05) is 11.4 Å². The standard InChI is InChI=1S/C22H27F4NO2/c1-20(23)16-13-18-15(12-17(16)21(20,29)22(24,25)26)9-5-6-10-27(18)19(28)11-14-7-3-2-4-8-14/h12-14,29H,2-11H2,1H3. The lowest BCUT2D eigenvalue weighted by Crippen LogP contribution is -2.62. The fourth-order valence-electron chi connectivity index (χ4n) is 5.29. The largest absolute Gasteiger partial charge is 0.425 e. The first-order valence-corrected chi connectivity index (χ1v) is 10.5. The SMILES string of the molecule is CC1(F)c2cc3c(cc2C1(O)C(F)(F)F)CCCCN3C(=O)CC1CCCCC1. The van der Waals surface area contributed by atoms with Crippen molar-refractivity contribution >= 4 is 11.6 Å². The third-order valence-electron chi connectivity index (χ3n) is 7.06. The van der Waals surface area contributed by atoms with E-state index in [9.17, 15) is 23.1 Å². The molecule has 0 spiro atoms. The summed E-state index contributed by atoms with van der Waals surface area (Å²) in [5, 5.41) is 10.2. The van der Waals surface area contributed by atoms with Gasteiger partial charge in [0, 0.05) is 29.8 Å². The molecule has 1 heterocycles. The van der Waals surface area contributed by atoms with Crippen LogP contribution in [0.4, 0.5) is 23.2 Å². The Morgan fingerprint density at radius 3 is 2.48 bits per heavy atom. The number of anilines is 1. The number of carbonyl (C=O) groups is 1. The van der Waals surface area contributed by atoms with E-state index in [0.29, 0.717) is 36.6 Å². The minimum absolute atomic E-state index is 0.0361. The van der Waals surface area contributed by atoms with Gasteiger partial charge in [0.15, 0.2) is 5.67 Å². The number of benzene rings is 1. The highest BCUT2D eigenvalue weighted by molar-refractivity contribution is 5.95. The normalized spacial score (nSPS) is 30.2. The fraction of sp³-hybridized carbons (Fsp3) is 0.682. The number of aliphatic hydroxyl groups is 1. The van der Waals surface area contributed by atoms with Gasteiger partial charge >= 0.3 is 6.18 Å². The van der Waals surface area contributed by atoms with Crippen molar-refractivity contribution in [1.82, 2.24) is 0 Å². The molecule has 4 rings (SSSR count). The number of aryl methyl sites for hydroxylation is 1. The van der Waals surface area contributed by atoms with Crippen molar-refractivity contribution in [2.24, 2.45) is 5.92 Å². The van der Waals surface area contributed by atoms with Gasteiger partial charge in [0.25, 0.3) is 0 Å². The summed E-state index contributed by atoms with van der Waals surface area (Å²) in [5.41, 5.74) is -5.96. The Kier molecular flexibility index (Phi) is 4.95. The quantitative estimate of drug-likeness (QED) is 0.671. The van der Waals surface area contributed by atoms with Crippen molar-refractivity contribution in [1.29, 1.82) is 0 Å². The first kappa shape index (κ1) is 20.6. The molecular weight excluding hydrogens is 386 g/mol. The molecule has 2 atom stereocenters. The predicted molar refractivity (Wildman–Crippen MR) is 101 cm³/mol. The van der Waals surface area contributed by atoms with E-state index in [-0.39, 0.29) is 11.5 Å². The number of alkyl halides is 4. The molecule has 1 aliphatic heterocycles. The van der Waals surface area contributed by atoms with E-state index in [4.69, 9.17) is 0 Å². The lowest BCUT2D eigenvalue weighted by atomic mass is 9.61. The molecule has 29 heavy (non-hydrogen) atoms. The molecule has 160 valence electrons. The van der Waals surface area contributed by atoms with E-state index < -0.39 is 23.0 Å². The summed E-state index contributed by atoms with van der Waals surface area (Å²) in [4.78, 5) is 14.7. The first-order chi connectivity index (χ1) is 13.6. The molecule has 1 N–H and O–H groups in total. The fourth-order valence-corrected chi connectivity index (χ4v) is 5.29. The van der Waals surface area contributed by atoms with Crippen LogP contribution in [0.15, 0.2) is 12.1 Å². The van der Waals surface area contributed by atoms with Gasteiger partial charge in [-0.1, -0.05) is 19.3 Å². The van der Waals surface area contributed by atoms with Crippen LogP contribution in [0.25, 0.3) is 0 Å². The molecule has 0 saturated heterocycles. The van der Waals surface area contributed by atoms with Crippen molar-refractivity contribution in [3.05, 3.63) is 28.8 Å². The Balaban J connectivity index is 1.69. The lowest BCUT2D eigenvalue weighted by Gasteiger charge is -2.51. The highest BCUT2D eigenvalue weighted by Gasteiger charge is 2.74. The summed E-state index contributed by atoms with van der Waals surface area (Å²) >= 11 is 0. The van der Waals surface area contributed by atoms with Gasteiger partial charge in [0.1, 0.15) is 0 Å². The van der Waals surface area contributed by atoms with E-state index in [1.165, 1.54) is 18.6 Å². The van der Waals surface area contributed by atoms with Crippen LogP contribution in [0.3, 0.4) is 0 Å². The van der Waals surface area contributed by atoms with E-state index >= 15 is 4.39 Å². The molecule has 1 aromatic rings. The molecule has 7 heteroatoms. The van der Waals surface area contributed by atoms with Crippen LogP contribution in [-0.2, 0) is 22.5 Å². The van der Waals surface area contributed by atoms with Crippen molar-refractivity contribution in [2.45, 2.75) is 82.2 Å². The Labute approximate surface area is 168 Å². The van der Waals surface area contributed by atoms with Crippen molar-refractivity contribution in [3.8, 4) is 0 Å². The average molecular weight is 413 g/mol. The van der Waals surface area contributed by atoms with Crippen molar-refractivity contribution in [3.63, 3.8) is 0 Å². The van der Waals surface area contributed by atoms with E-state index in [1.807, 2.05) is 0 Å². The molecule has 1 saturated carbocycles. The van der Waals surface area contributed by atoms with Gasteiger partial charge in [0.2, 0.25) is 11.5 Å². The molecule has 2 unspecified atom stereocenters. The Hall–Kier alpha value is -1.63. The van der Waals surface area contributed by atoms with Gasteiger partial charge in [-0.3, -0.25) is 4.79 Å². The number of hydrogen-bond donors (Lipinski definition) is 1. The van der Waals surface area contributed by atoms with Crippen LogP contribution in [-0.4, -0.2) is 23.7 Å². The second-order valence-electron chi connectivity index (χ2n) is 8.95. The minimum atomic E-state index is -5.11. The van der Waals surface area contributed by atoms with E-state index in [0.717, 1.165) is 45.4 Å². The van der Waals surface area contributed by atoms with Crippen LogP contribution in [0.2, 0.25) is 0 Å². The maximum atomic E-state index is 15.0. The average Bonchev–Trinajstić information content (AvgIpc) is 2.88. The van der Waals surface area contributed by atoms with Crippen LogP contribution in [0.1, 0.15) is 75.0 Å². The van der Waals surface area contributed by atoms with Gasteiger partial charge in [0.05, 0.1) is 0 Å². The zero-order valence-corrected chi connectivity index (χ0v) is 16.6. The summed E-state index contributed by atoms with van der Waals surface area (Å²) < 4.78 is 55.5. The number of fused-ring (bicyclic) bond motifs is 2. The van der Waals surface area contributed by atoms with Crippen LogP contribution < -0.4 is 4.90 Å². The molecule has 0 bridgehead atoms. The highest BCUT2D eigenvalue weighted by atomic mass is 19.4. The van der Waals surface area contributed by atoms with E-state index in [1.54, 1.807) is 4.90 Å². The van der Waals surface area contributed by atoms with Gasteiger partial charge in [-0.2, -0.15) is 13.2 Å². The second-order valence-corrected chi connectivity index (χ2v) is 8.95. The van der Waals surface area contributed by atoms with Gasteiger partial charge in [-0.05, 0) is 62.6 Å². The smallest absolute Gasteiger partial charge is 0.374 e.